The minimum absolute atomic E-state index is 0.299. The number of sulfonamides is 1. The largest absolute Gasteiger partial charge is 0.417 e. The fourth-order valence-electron chi connectivity index (χ4n) is 2.68. The molecule has 1 saturated heterocycles. The Morgan fingerprint density at radius 2 is 2.09 bits per heavy atom. The van der Waals surface area contributed by atoms with E-state index in [0.717, 1.165) is 12.3 Å². The van der Waals surface area contributed by atoms with E-state index in [2.05, 4.69) is 4.72 Å². The third-order valence-corrected chi connectivity index (χ3v) is 4.36. The molecule has 0 amide bonds. The lowest BCUT2D eigenvalue weighted by Gasteiger charge is -2.34. The van der Waals surface area contributed by atoms with Crippen LogP contribution in [0.15, 0.2) is 18.2 Å². The first kappa shape index (κ1) is 17.6. The molecule has 0 spiro atoms. The number of piperidine rings is 1. The lowest BCUT2D eigenvalue weighted by molar-refractivity contribution is -0.137. The summed E-state index contributed by atoms with van der Waals surface area (Å²) in [5.41, 5.74) is -0.922. The molecular formula is C14H16F3N3O2S. The minimum Gasteiger partial charge on any atom is -0.370 e. The molecule has 0 aromatic heterocycles. The monoisotopic (exact) mass is 347 g/mol. The highest BCUT2D eigenvalue weighted by Gasteiger charge is 2.34. The van der Waals surface area contributed by atoms with Gasteiger partial charge in [0.05, 0.1) is 23.5 Å². The third-order valence-electron chi connectivity index (χ3n) is 3.60. The maximum absolute atomic E-state index is 12.8. The number of alkyl halides is 3. The molecule has 0 radical (unpaired) electrons. The normalized spacial score (nSPS) is 19.4. The van der Waals surface area contributed by atoms with Crippen LogP contribution in [-0.2, 0) is 16.2 Å². The summed E-state index contributed by atoms with van der Waals surface area (Å²) in [6.07, 6.45) is -2.14. The lowest BCUT2D eigenvalue weighted by Crippen LogP contribution is -2.47. The molecule has 9 heteroatoms. The Kier molecular flexibility index (Phi) is 4.87. The molecular weight excluding hydrogens is 331 g/mol. The molecule has 2 rings (SSSR count). The summed E-state index contributed by atoms with van der Waals surface area (Å²) in [6.45, 7) is 0.946. The Labute approximate surface area is 132 Å². The van der Waals surface area contributed by atoms with Crippen LogP contribution in [0.25, 0.3) is 0 Å². The van der Waals surface area contributed by atoms with Gasteiger partial charge in [-0.15, -0.1) is 0 Å². The van der Waals surface area contributed by atoms with E-state index in [-0.39, 0.29) is 6.04 Å². The molecule has 1 fully saturated rings. The molecule has 1 heterocycles. The number of nitrogens with zero attached hydrogens (tertiary/aromatic N) is 2. The molecule has 1 aromatic carbocycles. The van der Waals surface area contributed by atoms with Crippen molar-refractivity contribution in [2.75, 3.05) is 24.2 Å². The van der Waals surface area contributed by atoms with E-state index in [1.54, 1.807) is 11.0 Å². The maximum Gasteiger partial charge on any atom is 0.417 e. The molecule has 0 aliphatic carbocycles. The van der Waals surface area contributed by atoms with E-state index in [0.29, 0.717) is 31.6 Å². The van der Waals surface area contributed by atoms with Gasteiger partial charge in [0.2, 0.25) is 10.0 Å². The van der Waals surface area contributed by atoms with Crippen LogP contribution in [0.3, 0.4) is 0 Å². The molecule has 5 nitrogen and oxygen atoms in total. The summed E-state index contributed by atoms with van der Waals surface area (Å²) in [7, 11) is -3.35. The SMILES string of the molecule is CS(=O)(=O)N[C@H]1CCCN(c2ccc(C(F)(F)F)c(C#N)c2)C1. The van der Waals surface area contributed by atoms with E-state index in [9.17, 15) is 21.6 Å². The number of halogens is 3. The van der Waals surface area contributed by atoms with Crippen LogP contribution in [0.4, 0.5) is 18.9 Å². The smallest absolute Gasteiger partial charge is 0.370 e. The van der Waals surface area contributed by atoms with Gasteiger partial charge in [-0.2, -0.15) is 18.4 Å². The van der Waals surface area contributed by atoms with Crippen molar-refractivity contribution in [3.05, 3.63) is 29.3 Å². The Morgan fingerprint density at radius 3 is 2.65 bits per heavy atom. The predicted molar refractivity (Wildman–Crippen MR) is 79.4 cm³/mol. The molecule has 0 bridgehead atoms. The summed E-state index contributed by atoms with van der Waals surface area (Å²) < 4.78 is 63.6. The van der Waals surface area contributed by atoms with Gasteiger partial charge in [-0.1, -0.05) is 0 Å². The van der Waals surface area contributed by atoms with Gasteiger partial charge < -0.3 is 4.90 Å². The number of hydrogen-bond donors (Lipinski definition) is 1. The van der Waals surface area contributed by atoms with Crippen LogP contribution in [0.2, 0.25) is 0 Å². The first-order valence-corrected chi connectivity index (χ1v) is 8.83. The topological polar surface area (TPSA) is 73.2 Å². The van der Waals surface area contributed by atoms with Crippen molar-refractivity contribution in [3.63, 3.8) is 0 Å². The Balaban J connectivity index is 2.23. The number of rotatable bonds is 3. The molecule has 126 valence electrons. The van der Waals surface area contributed by atoms with Gasteiger partial charge in [0.15, 0.2) is 0 Å². The zero-order valence-corrected chi connectivity index (χ0v) is 13.2. The van der Waals surface area contributed by atoms with Crippen LogP contribution in [-0.4, -0.2) is 33.8 Å². The fraction of sp³-hybridized carbons (Fsp3) is 0.500. The highest BCUT2D eigenvalue weighted by atomic mass is 32.2. The van der Waals surface area contributed by atoms with Gasteiger partial charge in [-0.3, -0.25) is 0 Å². The van der Waals surface area contributed by atoms with Gasteiger partial charge >= 0.3 is 6.18 Å². The number of nitriles is 1. The van der Waals surface area contributed by atoms with Crippen LogP contribution in [0.5, 0.6) is 0 Å². The number of benzene rings is 1. The van der Waals surface area contributed by atoms with Gasteiger partial charge in [0, 0.05) is 24.8 Å². The average Bonchev–Trinajstić information content (AvgIpc) is 2.44. The second-order valence-electron chi connectivity index (χ2n) is 5.51. The molecule has 0 saturated carbocycles. The lowest BCUT2D eigenvalue weighted by atomic mass is 10.0. The van der Waals surface area contributed by atoms with E-state index in [1.807, 2.05) is 0 Å². The fourth-order valence-corrected chi connectivity index (χ4v) is 3.48. The molecule has 1 aliphatic rings. The molecule has 0 unspecified atom stereocenters. The van der Waals surface area contributed by atoms with Crippen LogP contribution < -0.4 is 9.62 Å². The van der Waals surface area contributed by atoms with Crippen LogP contribution in [0, 0.1) is 11.3 Å². The second-order valence-corrected chi connectivity index (χ2v) is 7.29. The van der Waals surface area contributed by atoms with E-state index in [1.165, 1.54) is 12.1 Å². The first-order valence-electron chi connectivity index (χ1n) is 6.94. The summed E-state index contributed by atoms with van der Waals surface area (Å²) in [5.74, 6) is 0. The Bertz CT molecular complexity index is 726. The predicted octanol–water partition coefficient (Wildman–Crippen LogP) is 2.10. The van der Waals surface area contributed by atoms with Crippen molar-refractivity contribution in [3.8, 4) is 6.07 Å². The summed E-state index contributed by atoms with van der Waals surface area (Å²) in [6, 6.07) is 4.68. The summed E-state index contributed by atoms with van der Waals surface area (Å²) in [5, 5.41) is 8.95. The van der Waals surface area contributed by atoms with Crippen molar-refractivity contribution >= 4 is 15.7 Å². The van der Waals surface area contributed by atoms with Crippen molar-refractivity contribution in [2.24, 2.45) is 0 Å². The Morgan fingerprint density at radius 1 is 1.39 bits per heavy atom. The molecule has 1 atom stereocenters. The number of anilines is 1. The van der Waals surface area contributed by atoms with Crippen molar-refractivity contribution in [1.29, 1.82) is 5.26 Å². The number of nitrogens with one attached hydrogen (secondary N) is 1. The zero-order chi connectivity index (χ0) is 17.3. The highest BCUT2D eigenvalue weighted by Crippen LogP contribution is 2.34. The minimum atomic E-state index is -4.58. The molecule has 1 N–H and O–H groups in total. The van der Waals surface area contributed by atoms with Gasteiger partial charge in [-0.25, -0.2) is 13.1 Å². The second kappa shape index (κ2) is 6.37. The van der Waals surface area contributed by atoms with E-state index < -0.39 is 27.3 Å². The Hall–Kier alpha value is -1.79. The molecule has 23 heavy (non-hydrogen) atoms. The molecule has 1 aromatic rings. The van der Waals surface area contributed by atoms with Gasteiger partial charge in [-0.05, 0) is 31.0 Å². The van der Waals surface area contributed by atoms with Crippen LogP contribution in [0.1, 0.15) is 24.0 Å². The zero-order valence-electron chi connectivity index (χ0n) is 12.4. The van der Waals surface area contributed by atoms with Gasteiger partial charge in [0.25, 0.3) is 0 Å². The van der Waals surface area contributed by atoms with Crippen molar-refractivity contribution in [1.82, 2.24) is 4.72 Å². The third kappa shape index (κ3) is 4.59. The van der Waals surface area contributed by atoms with Crippen LogP contribution >= 0.6 is 0 Å². The maximum atomic E-state index is 12.8. The first-order chi connectivity index (χ1) is 10.6. The highest BCUT2D eigenvalue weighted by molar-refractivity contribution is 7.88. The molecule has 1 aliphatic heterocycles. The van der Waals surface area contributed by atoms with Crippen molar-refractivity contribution < 1.29 is 21.6 Å². The van der Waals surface area contributed by atoms with Gasteiger partial charge in [0.1, 0.15) is 0 Å². The summed E-state index contributed by atoms with van der Waals surface area (Å²) in [4.78, 5) is 1.79. The quantitative estimate of drug-likeness (QED) is 0.909. The van der Waals surface area contributed by atoms with E-state index in [4.69, 9.17) is 5.26 Å². The summed E-state index contributed by atoms with van der Waals surface area (Å²) >= 11 is 0. The average molecular weight is 347 g/mol. The van der Waals surface area contributed by atoms with Crippen molar-refractivity contribution in [2.45, 2.75) is 25.1 Å². The number of hydrogen-bond acceptors (Lipinski definition) is 4. The van der Waals surface area contributed by atoms with E-state index >= 15 is 0 Å². The standard InChI is InChI=1S/C14H16F3N3O2S/c1-23(21,22)19-11-3-2-6-20(9-11)12-4-5-13(14(15,16)17)10(7-12)8-18/h4-5,7,11,19H,2-3,6,9H2,1H3/t11-/m0/s1.